The Morgan fingerprint density at radius 1 is 1.28 bits per heavy atom. The van der Waals surface area contributed by atoms with E-state index < -0.39 is 39.9 Å². The Morgan fingerprint density at radius 2 is 2.05 bits per heavy atom. The first kappa shape index (κ1) is 31.3. The van der Waals surface area contributed by atoms with Crippen LogP contribution in [0.1, 0.15) is 37.3 Å². The number of piperazine rings is 1. The number of nitrogens with one attached hydrogen (secondary N) is 1. The van der Waals surface area contributed by atoms with E-state index in [0.29, 0.717) is 60.8 Å². The molecule has 14 heteroatoms. The average molecular weight is 652 g/mol. The molecule has 0 spiro atoms. The lowest BCUT2D eigenvalue weighted by molar-refractivity contribution is -0.147. The van der Waals surface area contributed by atoms with Crippen LogP contribution in [0.15, 0.2) is 41.1 Å². The van der Waals surface area contributed by atoms with Gasteiger partial charge in [-0.3, -0.25) is 9.69 Å². The largest absolute Gasteiger partial charge is 0.481 e. The van der Waals surface area contributed by atoms with Crippen molar-refractivity contribution < 1.29 is 28.2 Å². The van der Waals surface area contributed by atoms with Crippen molar-refractivity contribution in [2.45, 2.75) is 32.7 Å². The Morgan fingerprint density at radius 3 is 2.72 bits per heavy atom. The zero-order chi connectivity index (χ0) is 31.1. The summed E-state index contributed by atoms with van der Waals surface area (Å²) < 4.78 is 34.1. The molecule has 43 heavy (non-hydrogen) atoms. The van der Waals surface area contributed by atoms with Gasteiger partial charge in [-0.05, 0) is 50.7 Å². The number of allylic oxidation sites excluding steroid dienone is 1. The fourth-order valence-corrected chi connectivity index (χ4v) is 6.96. The third kappa shape index (κ3) is 6.26. The van der Waals surface area contributed by atoms with Crippen molar-refractivity contribution in [3.05, 3.63) is 68.3 Å². The molecule has 1 aromatic carbocycles. The number of ether oxygens (including phenoxy) is 1. The minimum atomic E-state index is -1.18. The summed E-state index contributed by atoms with van der Waals surface area (Å²) in [5.41, 5.74) is 0.698. The van der Waals surface area contributed by atoms with Gasteiger partial charge in [-0.2, -0.15) is 0 Å². The van der Waals surface area contributed by atoms with Crippen LogP contribution in [0.25, 0.3) is 5.70 Å². The number of hydrogen-bond donors (Lipinski definition) is 2. The highest BCUT2D eigenvalue weighted by atomic mass is 35.5. The molecule has 0 bridgehead atoms. The maximum Gasteiger partial charge on any atom is 0.336 e. The van der Waals surface area contributed by atoms with E-state index in [4.69, 9.17) is 28.6 Å². The molecule has 2 aromatic rings. The SMILES string of the molecule is CCOC(=O)C1=C(CN2CCN3C(=S)N(CC(C)(C)C(=O)O)C[C@@H]3C2)NC(c2nccs2)=CC1c1ccc(F)c(F)c1Cl. The fourth-order valence-electron chi connectivity index (χ4n) is 5.69. The third-order valence-corrected chi connectivity index (χ3v) is 9.56. The van der Waals surface area contributed by atoms with E-state index in [1.807, 2.05) is 10.3 Å². The number of carboxylic acids is 1. The highest BCUT2D eigenvalue weighted by Gasteiger charge is 2.42. The zero-order valence-corrected chi connectivity index (χ0v) is 26.3. The molecule has 2 N–H and O–H groups in total. The predicted molar refractivity (Wildman–Crippen MR) is 164 cm³/mol. The molecule has 5 rings (SSSR count). The minimum Gasteiger partial charge on any atom is -0.481 e. The standard InChI is InChI=1S/C29H32ClF2N5O4S2/c1-4-41-26(38)22-18(17-5-6-19(31)24(32)23(17)30)11-20(25-33-7-10-43-25)34-21(22)14-35-8-9-37-16(12-35)13-36(28(37)42)15-29(2,3)27(39)40/h5-7,10-11,16,18,34H,4,8-9,12-15H2,1-3H3,(H,39,40)/t16-,18?/m0/s1. The highest BCUT2D eigenvalue weighted by Crippen LogP contribution is 2.40. The van der Waals surface area contributed by atoms with Crippen LogP contribution in [-0.2, 0) is 14.3 Å². The van der Waals surface area contributed by atoms with E-state index in [9.17, 15) is 23.5 Å². The second kappa shape index (κ2) is 12.5. The number of thiazole rings is 1. The van der Waals surface area contributed by atoms with Crippen molar-refractivity contribution in [2.75, 3.05) is 45.9 Å². The van der Waals surface area contributed by atoms with Crippen LogP contribution in [0.5, 0.6) is 0 Å². The monoisotopic (exact) mass is 651 g/mol. The lowest BCUT2D eigenvalue weighted by atomic mass is 9.86. The second-order valence-corrected chi connectivity index (χ2v) is 13.0. The molecular formula is C29H32ClF2N5O4S2. The van der Waals surface area contributed by atoms with E-state index in [2.05, 4.69) is 20.1 Å². The number of aromatic nitrogens is 1. The average Bonchev–Trinajstić information content (AvgIpc) is 3.60. The molecule has 0 saturated carbocycles. The Hall–Kier alpha value is -3.13. The van der Waals surface area contributed by atoms with Crippen LogP contribution in [0.4, 0.5) is 8.78 Å². The highest BCUT2D eigenvalue weighted by molar-refractivity contribution is 7.80. The third-order valence-electron chi connectivity index (χ3n) is 7.87. The number of rotatable bonds is 9. The molecule has 2 saturated heterocycles. The first-order valence-corrected chi connectivity index (χ1v) is 15.5. The Bertz CT molecular complexity index is 1500. The van der Waals surface area contributed by atoms with Gasteiger partial charge in [-0.15, -0.1) is 11.3 Å². The summed E-state index contributed by atoms with van der Waals surface area (Å²) in [4.78, 5) is 35.9. The van der Waals surface area contributed by atoms with Crippen LogP contribution in [-0.4, -0.2) is 93.8 Å². The smallest absolute Gasteiger partial charge is 0.336 e. The first-order chi connectivity index (χ1) is 20.4. The molecule has 3 aliphatic rings. The van der Waals surface area contributed by atoms with Gasteiger partial charge in [0.1, 0.15) is 5.01 Å². The molecule has 1 unspecified atom stereocenters. The summed E-state index contributed by atoms with van der Waals surface area (Å²) in [6.07, 6.45) is 3.40. The van der Waals surface area contributed by atoms with E-state index in [1.165, 1.54) is 17.4 Å². The van der Waals surface area contributed by atoms with Gasteiger partial charge in [0.05, 0.1) is 34.4 Å². The molecule has 0 radical (unpaired) electrons. The number of aliphatic carboxylic acids is 1. The normalized spacial score (nSPS) is 21.1. The summed E-state index contributed by atoms with van der Waals surface area (Å²) in [7, 11) is 0. The number of fused-ring (bicyclic) bond motifs is 1. The summed E-state index contributed by atoms with van der Waals surface area (Å²) in [6.45, 7) is 8.26. The molecule has 230 valence electrons. The van der Waals surface area contributed by atoms with E-state index in [1.54, 1.807) is 33.0 Å². The second-order valence-electron chi connectivity index (χ2n) is 11.3. The van der Waals surface area contributed by atoms with Gasteiger partial charge in [0.2, 0.25) is 0 Å². The number of halogens is 3. The van der Waals surface area contributed by atoms with Crippen LogP contribution in [0.3, 0.4) is 0 Å². The Balaban J connectivity index is 1.47. The molecule has 3 aliphatic heterocycles. The van der Waals surface area contributed by atoms with Gasteiger partial charge < -0.3 is 25.0 Å². The predicted octanol–water partition coefficient (Wildman–Crippen LogP) is 4.32. The Labute approximate surface area is 262 Å². The number of hydrogen-bond acceptors (Lipinski definition) is 8. The summed E-state index contributed by atoms with van der Waals surface area (Å²) >= 11 is 13.4. The van der Waals surface area contributed by atoms with Crippen LogP contribution in [0, 0.1) is 17.0 Å². The molecule has 2 atom stereocenters. The van der Waals surface area contributed by atoms with Crippen molar-refractivity contribution in [3.8, 4) is 0 Å². The molecule has 4 heterocycles. The fraction of sp³-hybridized carbons (Fsp3) is 0.448. The number of benzene rings is 1. The maximum absolute atomic E-state index is 14.7. The maximum atomic E-state index is 14.7. The molecule has 2 fully saturated rings. The van der Waals surface area contributed by atoms with Gasteiger partial charge in [-0.1, -0.05) is 17.7 Å². The quantitative estimate of drug-likeness (QED) is 0.232. The van der Waals surface area contributed by atoms with Gasteiger partial charge in [0.25, 0.3) is 0 Å². The van der Waals surface area contributed by atoms with Crippen LogP contribution in [0.2, 0.25) is 5.02 Å². The number of dihydropyridines is 1. The van der Waals surface area contributed by atoms with Crippen molar-refractivity contribution in [2.24, 2.45) is 5.41 Å². The number of esters is 1. The van der Waals surface area contributed by atoms with Crippen molar-refractivity contribution >= 4 is 57.9 Å². The molecule has 9 nitrogen and oxygen atoms in total. The minimum absolute atomic E-state index is 0.0338. The van der Waals surface area contributed by atoms with E-state index >= 15 is 0 Å². The van der Waals surface area contributed by atoms with Crippen molar-refractivity contribution in [1.29, 1.82) is 0 Å². The summed E-state index contributed by atoms with van der Waals surface area (Å²) in [5.74, 6) is -4.57. The van der Waals surface area contributed by atoms with Gasteiger partial charge in [0.15, 0.2) is 16.7 Å². The topological polar surface area (TPSA) is 98.2 Å². The van der Waals surface area contributed by atoms with E-state index in [0.717, 1.165) is 6.07 Å². The number of thiocarbonyl (C=S) groups is 1. The van der Waals surface area contributed by atoms with Crippen molar-refractivity contribution in [1.82, 2.24) is 25.0 Å². The molecule has 0 aliphatic carbocycles. The lowest BCUT2D eigenvalue weighted by Gasteiger charge is -2.39. The summed E-state index contributed by atoms with van der Waals surface area (Å²) in [6, 6.07) is 2.42. The number of carbonyl (C=O) groups is 2. The zero-order valence-electron chi connectivity index (χ0n) is 23.9. The van der Waals surface area contributed by atoms with Crippen LogP contribution >= 0.6 is 35.2 Å². The van der Waals surface area contributed by atoms with Gasteiger partial charge in [-0.25, -0.2) is 18.6 Å². The van der Waals surface area contributed by atoms with E-state index in [-0.39, 0.29) is 23.8 Å². The van der Waals surface area contributed by atoms with Gasteiger partial charge >= 0.3 is 11.9 Å². The van der Waals surface area contributed by atoms with Gasteiger partial charge in [0, 0.05) is 62.5 Å². The molecule has 1 aromatic heterocycles. The number of carboxylic acid groups (broad SMARTS) is 1. The first-order valence-electron chi connectivity index (χ1n) is 13.8. The molecule has 0 amide bonds. The number of nitrogens with zero attached hydrogens (tertiary/aromatic N) is 4. The Kier molecular flexibility index (Phi) is 9.07. The summed E-state index contributed by atoms with van der Waals surface area (Å²) in [5, 5.41) is 15.7. The number of carbonyl (C=O) groups excluding carboxylic acids is 1. The lowest BCUT2D eigenvalue weighted by Crippen LogP contribution is -2.53. The molecular weight excluding hydrogens is 620 g/mol. The van der Waals surface area contributed by atoms with Crippen LogP contribution < -0.4 is 5.32 Å². The van der Waals surface area contributed by atoms with Crippen molar-refractivity contribution in [3.63, 3.8) is 0 Å².